The van der Waals surface area contributed by atoms with Gasteiger partial charge in [0.1, 0.15) is 5.75 Å². The maximum absolute atomic E-state index is 12.9. The molecule has 0 aliphatic heterocycles. The Morgan fingerprint density at radius 1 is 0.848 bits per heavy atom. The van der Waals surface area contributed by atoms with Crippen molar-refractivity contribution in [1.29, 1.82) is 0 Å². The number of carbonyl (C=O) groups is 1. The molecule has 0 bridgehead atoms. The minimum atomic E-state index is -3.79. The Bertz CT molecular complexity index is 1410. The van der Waals surface area contributed by atoms with Crippen LogP contribution in [0.2, 0.25) is 0 Å². The van der Waals surface area contributed by atoms with E-state index in [-0.39, 0.29) is 17.4 Å². The predicted octanol–water partition coefficient (Wildman–Crippen LogP) is 5.27. The van der Waals surface area contributed by atoms with E-state index in [2.05, 4.69) is 10.0 Å². The number of nitrogens with one attached hydrogen (secondary N) is 2. The number of amides is 1. The lowest BCUT2D eigenvalue weighted by molar-refractivity contribution is -0.118. The first-order chi connectivity index (χ1) is 15.8. The molecule has 33 heavy (non-hydrogen) atoms. The third-order valence-electron chi connectivity index (χ3n) is 5.33. The number of fused-ring (bicyclic) bond motifs is 1. The molecule has 0 spiro atoms. The van der Waals surface area contributed by atoms with Crippen LogP contribution in [0.5, 0.6) is 5.75 Å². The van der Waals surface area contributed by atoms with Crippen LogP contribution in [0, 0.1) is 13.8 Å². The van der Waals surface area contributed by atoms with E-state index in [1.807, 2.05) is 62.4 Å². The minimum Gasteiger partial charge on any atom is -0.484 e. The Balaban J connectivity index is 1.40. The van der Waals surface area contributed by atoms with Gasteiger partial charge < -0.3 is 10.1 Å². The molecular formula is C26H24N2O4S. The van der Waals surface area contributed by atoms with Crippen molar-refractivity contribution in [2.75, 3.05) is 16.6 Å². The van der Waals surface area contributed by atoms with Gasteiger partial charge in [0.15, 0.2) is 6.61 Å². The van der Waals surface area contributed by atoms with Gasteiger partial charge in [-0.25, -0.2) is 8.42 Å². The molecule has 2 N–H and O–H groups in total. The molecule has 4 aromatic carbocycles. The lowest BCUT2D eigenvalue weighted by Gasteiger charge is -2.12. The molecule has 1 amide bonds. The van der Waals surface area contributed by atoms with E-state index in [1.165, 1.54) is 12.1 Å². The normalized spacial score (nSPS) is 11.2. The van der Waals surface area contributed by atoms with Gasteiger partial charge in [-0.15, -0.1) is 0 Å². The van der Waals surface area contributed by atoms with Crippen molar-refractivity contribution >= 4 is 38.1 Å². The SMILES string of the molecule is Cc1ccc(OCC(=O)Nc2ccc(S(=O)(=O)Nc3cccc4ccccc34)cc2)cc1C. The lowest BCUT2D eigenvalue weighted by Crippen LogP contribution is -2.20. The second-order valence-corrected chi connectivity index (χ2v) is 9.42. The Morgan fingerprint density at radius 3 is 2.33 bits per heavy atom. The Hall–Kier alpha value is -3.84. The second-order valence-electron chi connectivity index (χ2n) is 7.74. The molecule has 0 aliphatic carbocycles. The Kier molecular flexibility index (Phi) is 6.33. The van der Waals surface area contributed by atoms with Crippen molar-refractivity contribution in [1.82, 2.24) is 0 Å². The average molecular weight is 461 g/mol. The van der Waals surface area contributed by atoms with E-state index in [0.717, 1.165) is 21.9 Å². The molecule has 7 heteroatoms. The summed E-state index contributed by atoms with van der Waals surface area (Å²) in [6, 6.07) is 24.6. The van der Waals surface area contributed by atoms with Crippen molar-refractivity contribution in [3.63, 3.8) is 0 Å². The van der Waals surface area contributed by atoms with Gasteiger partial charge in [0.2, 0.25) is 0 Å². The first-order valence-corrected chi connectivity index (χ1v) is 11.9. The summed E-state index contributed by atoms with van der Waals surface area (Å²) in [5.41, 5.74) is 3.22. The number of rotatable bonds is 7. The van der Waals surface area contributed by atoms with E-state index >= 15 is 0 Å². The van der Waals surface area contributed by atoms with Gasteiger partial charge >= 0.3 is 0 Å². The second kappa shape index (κ2) is 9.34. The number of carbonyl (C=O) groups excluding carboxylic acids is 1. The van der Waals surface area contributed by atoms with Crippen molar-refractivity contribution in [2.45, 2.75) is 18.7 Å². The third kappa shape index (κ3) is 5.32. The number of aryl methyl sites for hydroxylation is 2. The molecule has 168 valence electrons. The number of benzene rings is 4. The highest BCUT2D eigenvalue weighted by atomic mass is 32.2. The van der Waals surface area contributed by atoms with Crippen molar-refractivity contribution in [3.8, 4) is 5.75 Å². The van der Waals surface area contributed by atoms with E-state index in [4.69, 9.17) is 4.74 Å². The summed E-state index contributed by atoms with van der Waals surface area (Å²) in [4.78, 5) is 12.3. The topological polar surface area (TPSA) is 84.5 Å². The summed E-state index contributed by atoms with van der Waals surface area (Å²) in [6.45, 7) is 3.84. The molecule has 6 nitrogen and oxygen atoms in total. The first-order valence-electron chi connectivity index (χ1n) is 10.4. The van der Waals surface area contributed by atoms with Crippen LogP contribution in [0.25, 0.3) is 10.8 Å². The summed E-state index contributed by atoms with van der Waals surface area (Å²) in [5.74, 6) is 0.284. The van der Waals surface area contributed by atoms with Crippen LogP contribution >= 0.6 is 0 Å². The van der Waals surface area contributed by atoms with Gasteiger partial charge in [0.25, 0.3) is 15.9 Å². The van der Waals surface area contributed by atoms with Crippen molar-refractivity contribution in [2.24, 2.45) is 0 Å². The number of anilines is 2. The molecule has 0 atom stereocenters. The number of hydrogen-bond donors (Lipinski definition) is 2. The molecule has 0 aliphatic rings. The maximum atomic E-state index is 12.9. The standard InChI is InChI=1S/C26H24N2O4S/c1-18-10-13-22(16-19(18)2)32-17-26(29)27-21-11-14-23(15-12-21)33(30,31)28-25-9-5-7-20-6-3-4-8-24(20)25/h3-16,28H,17H2,1-2H3,(H,27,29). The summed E-state index contributed by atoms with van der Waals surface area (Å²) >= 11 is 0. The van der Waals surface area contributed by atoms with E-state index < -0.39 is 10.0 Å². The molecule has 0 unspecified atom stereocenters. The highest BCUT2D eigenvalue weighted by Crippen LogP contribution is 2.26. The quantitative estimate of drug-likeness (QED) is 0.393. The predicted molar refractivity (Wildman–Crippen MR) is 131 cm³/mol. The first kappa shape index (κ1) is 22.4. The average Bonchev–Trinajstić information content (AvgIpc) is 2.80. The van der Waals surface area contributed by atoms with Crippen molar-refractivity contribution < 1.29 is 17.9 Å². The molecule has 0 aromatic heterocycles. The summed E-state index contributed by atoms with van der Waals surface area (Å²) in [5, 5.41) is 4.47. The van der Waals surface area contributed by atoms with E-state index in [9.17, 15) is 13.2 Å². The van der Waals surface area contributed by atoms with Crippen LogP contribution in [0.3, 0.4) is 0 Å². The third-order valence-corrected chi connectivity index (χ3v) is 6.71. The smallest absolute Gasteiger partial charge is 0.262 e. The zero-order valence-electron chi connectivity index (χ0n) is 18.3. The molecular weight excluding hydrogens is 436 g/mol. The zero-order chi connectivity index (χ0) is 23.4. The summed E-state index contributed by atoms with van der Waals surface area (Å²) < 4.78 is 33.9. The molecule has 4 rings (SSSR count). The number of ether oxygens (including phenoxy) is 1. The van der Waals surface area contributed by atoms with Crippen LogP contribution in [0.1, 0.15) is 11.1 Å². The summed E-state index contributed by atoms with van der Waals surface area (Å²) in [7, 11) is -3.79. The molecule has 4 aromatic rings. The number of sulfonamides is 1. The fraction of sp³-hybridized carbons (Fsp3) is 0.115. The van der Waals surface area contributed by atoms with Crippen LogP contribution in [-0.2, 0) is 14.8 Å². The monoisotopic (exact) mass is 460 g/mol. The number of hydrogen-bond acceptors (Lipinski definition) is 4. The molecule has 0 saturated heterocycles. The van der Waals surface area contributed by atoms with Gasteiger partial charge in [0.05, 0.1) is 10.6 Å². The molecule has 0 fully saturated rings. The summed E-state index contributed by atoms with van der Waals surface area (Å²) in [6.07, 6.45) is 0. The van der Waals surface area contributed by atoms with Crippen molar-refractivity contribution in [3.05, 3.63) is 96.1 Å². The van der Waals surface area contributed by atoms with Gasteiger partial charge in [0, 0.05) is 11.1 Å². The van der Waals surface area contributed by atoms with E-state index in [0.29, 0.717) is 17.1 Å². The van der Waals surface area contributed by atoms with Crippen LogP contribution in [0.4, 0.5) is 11.4 Å². The lowest BCUT2D eigenvalue weighted by atomic mass is 10.1. The van der Waals surface area contributed by atoms with Gasteiger partial charge in [-0.2, -0.15) is 0 Å². The molecule has 0 radical (unpaired) electrons. The van der Waals surface area contributed by atoms with Gasteiger partial charge in [-0.1, -0.05) is 42.5 Å². The van der Waals surface area contributed by atoms with Crippen LogP contribution < -0.4 is 14.8 Å². The van der Waals surface area contributed by atoms with Crippen LogP contribution in [0.15, 0.2) is 89.8 Å². The largest absolute Gasteiger partial charge is 0.484 e. The fourth-order valence-electron chi connectivity index (χ4n) is 3.39. The minimum absolute atomic E-state index is 0.0970. The maximum Gasteiger partial charge on any atom is 0.262 e. The fourth-order valence-corrected chi connectivity index (χ4v) is 4.46. The zero-order valence-corrected chi connectivity index (χ0v) is 19.1. The Morgan fingerprint density at radius 2 is 1.58 bits per heavy atom. The highest BCUT2D eigenvalue weighted by Gasteiger charge is 2.16. The van der Waals surface area contributed by atoms with E-state index in [1.54, 1.807) is 24.3 Å². The van der Waals surface area contributed by atoms with Gasteiger partial charge in [-0.3, -0.25) is 9.52 Å². The molecule has 0 saturated carbocycles. The Labute approximate surface area is 193 Å². The van der Waals surface area contributed by atoms with Crippen LogP contribution in [-0.4, -0.2) is 20.9 Å². The highest BCUT2D eigenvalue weighted by molar-refractivity contribution is 7.92. The van der Waals surface area contributed by atoms with Gasteiger partial charge in [-0.05, 0) is 72.8 Å². The molecule has 0 heterocycles.